The van der Waals surface area contributed by atoms with E-state index in [2.05, 4.69) is 57.3 Å². The maximum absolute atomic E-state index is 2.36. The lowest BCUT2D eigenvalue weighted by Crippen LogP contribution is -1.45. The molecule has 0 nitrogen and oxygen atoms in total. The van der Waals surface area contributed by atoms with Crippen LogP contribution in [0.3, 0.4) is 0 Å². The first-order valence-electron chi connectivity index (χ1n) is 2.60. The van der Waals surface area contributed by atoms with Crippen LogP contribution in [0, 0.1) is 5.77 Å². The van der Waals surface area contributed by atoms with Gasteiger partial charge in [-0.2, -0.15) is 0 Å². The van der Waals surface area contributed by atoms with Crippen molar-refractivity contribution in [3.05, 3.63) is 17.9 Å². The van der Waals surface area contributed by atoms with Crippen molar-refractivity contribution in [2.24, 2.45) is 0 Å². The highest BCUT2D eigenvalue weighted by atomic mass is 127. The molecular weight excluding hydrogens is 390 g/mol. The van der Waals surface area contributed by atoms with Gasteiger partial charge in [0.15, 0.2) is 0 Å². The van der Waals surface area contributed by atoms with Crippen molar-refractivity contribution in [2.45, 2.75) is 0 Å². The summed E-state index contributed by atoms with van der Waals surface area (Å²) >= 11 is 8.46. The van der Waals surface area contributed by atoms with Crippen LogP contribution in [0.25, 0.3) is 9.40 Å². The summed E-state index contributed by atoms with van der Waals surface area (Å²) in [5.74, 6) is 0. The Bertz CT molecular complexity index is 298. The molecule has 0 N–H and O–H groups in total. The Kier molecular flexibility index (Phi) is 2.23. The van der Waals surface area contributed by atoms with Gasteiger partial charge in [0, 0.05) is 9.40 Å². The van der Waals surface area contributed by atoms with E-state index in [0.717, 1.165) is 0 Å². The topological polar surface area (TPSA) is 0 Å². The summed E-state index contributed by atoms with van der Waals surface area (Å²) < 4.78 is 5.63. The maximum Gasteiger partial charge on any atom is 0.0674 e. The first-order chi connectivity index (χ1) is 4.75. The lowest BCUT2D eigenvalue weighted by atomic mass is 10.5. The smallest absolute Gasteiger partial charge is 0.0674 e. The van der Waals surface area contributed by atoms with Gasteiger partial charge in [0.05, 0.1) is 5.77 Å². The Hall–Kier alpha value is 1.12. The molecule has 0 bridgehead atoms. The summed E-state index contributed by atoms with van der Waals surface area (Å²) in [6.45, 7) is 0. The van der Waals surface area contributed by atoms with Gasteiger partial charge in [0.25, 0.3) is 0 Å². The second-order valence-corrected chi connectivity index (χ2v) is 7.79. The third-order valence-electron chi connectivity index (χ3n) is 1.15. The van der Waals surface area contributed by atoms with E-state index in [0.29, 0.717) is 0 Å². The SMILES string of the molecule is Ic1cc2sc(I)cc2s1. The average molecular weight is 392 g/mol. The van der Waals surface area contributed by atoms with E-state index in [1.165, 1.54) is 15.2 Å². The molecule has 0 saturated heterocycles. The molecule has 0 saturated carbocycles. The van der Waals surface area contributed by atoms with Crippen molar-refractivity contribution < 1.29 is 0 Å². The quantitative estimate of drug-likeness (QED) is 0.591. The molecule has 0 fully saturated rings. The summed E-state index contributed by atoms with van der Waals surface area (Å²) in [4.78, 5) is 0. The summed E-state index contributed by atoms with van der Waals surface area (Å²) in [6, 6.07) is 4.49. The number of hydrogen-bond donors (Lipinski definition) is 0. The Morgan fingerprint density at radius 3 is 1.70 bits per heavy atom. The molecule has 2 rings (SSSR count). The standard InChI is InChI=1S/C6H2I2S2/c7-5-1-3-4(10-5)2-6(8)9-3/h1-2H. The fourth-order valence-corrected chi connectivity index (χ4v) is 5.09. The van der Waals surface area contributed by atoms with Gasteiger partial charge in [0.2, 0.25) is 0 Å². The number of rotatable bonds is 0. The second kappa shape index (κ2) is 2.87. The van der Waals surface area contributed by atoms with Gasteiger partial charge in [0.1, 0.15) is 0 Å². The van der Waals surface area contributed by atoms with Crippen LogP contribution in [-0.2, 0) is 0 Å². The van der Waals surface area contributed by atoms with Crippen LogP contribution in [0.2, 0.25) is 0 Å². The van der Waals surface area contributed by atoms with Crippen LogP contribution in [-0.4, -0.2) is 0 Å². The van der Waals surface area contributed by atoms with Crippen molar-refractivity contribution in [1.82, 2.24) is 0 Å². The van der Waals surface area contributed by atoms with Crippen LogP contribution < -0.4 is 0 Å². The van der Waals surface area contributed by atoms with E-state index in [1.807, 2.05) is 22.7 Å². The molecule has 0 unspecified atom stereocenters. The molecule has 4 heteroatoms. The van der Waals surface area contributed by atoms with Crippen molar-refractivity contribution in [1.29, 1.82) is 0 Å². The van der Waals surface area contributed by atoms with E-state index >= 15 is 0 Å². The van der Waals surface area contributed by atoms with Gasteiger partial charge in [-0.15, -0.1) is 22.7 Å². The lowest BCUT2D eigenvalue weighted by molar-refractivity contribution is 2.12. The minimum absolute atomic E-state index is 1.38. The molecule has 0 aliphatic heterocycles. The molecule has 2 heterocycles. The molecule has 0 aliphatic carbocycles. The normalized spacial score (nSPS) is 11.0. The van der Waals surface area contributed by atoms with E-state index < -0.39 is 0 Å². The van der Waals surface area contributed by atoms with Gasteiger partial charge >= 0.3 is 0 Å². The van der Waals surface area contributed by atoms with Gasteiger partial charge in [-0.3, -0.25) is 0 Å². The minimum Gasteiger partial charge on any atom is -0.128 e. The second-order valence-electron chi connectivity index (χ2n) is 1.83. The predicted octanol–water partition coefficient (Wildman–Crippen LogP) is 4.17. The molecular formula is C6H2I2S2. The van der Waals surface area contributed by atoms with Crippen molar-refractivity contribution in [2.75, 3.05) is 0 Å². The van der Waals surface area contributed by atoms with E-state index in [9.17, 15) is 0 Å². The van der Waals surface area contributed by atoms with Crippen LogP contribution in [0.4, 0.5) is 0 Å². The fourth-order valence-electron chi connectivity index (χ4n) is 0.777. The monoisotopic (exact) mass is 392 g/mol. The molecule has 0 spiro atoms. The molecule has 2 aromatic rings. The van der Waals surface area contributed by atoms with Crippen LogP contribution in [0.5, 0.6) is 0 Å². The van der Waals surface area contributed by atoms with Gasteiger partial charge < -0.3 is 0 Å². The van der Waals surface area contributed by atoms with Crippen LogP contribution in [0.1, 0.15) is 0 Å². The molecule has 0 amide bonds. The maximum atomic E-state index is 2.36. The molecule has 0 radical (unpaired) electrons. The zero-order valence-electron chi connectivity index (χ0n) is 4.73. The third-order valence-corrected chi connectivity index (χ3v) is 4.96. The summed E-state index contributed by atoms with van der Waals surface area (Å²) in [5.41, 5.74) is 0. The number of thiophene rings is 2. The Morgan fingerprint density at radius 2 is 1.30 bits per heavy atom. The molecule has 0 aliphatic rings. The molecule has 10 heavy (non-hydrogen) atoms. The minimum atomic E-state index is 1.38. The Labute approximate surface area is 93.9 Å². The highest BCUT2D eigenvalue weighted by molar-refractivity contribution is 14.1. The van der Waals surface area contributed by atoms with E-state index in [1.54, 1.807) is 0 Å². The van der Waals surface area contributed by atoms with Crippen molar-refractivity contribution in [3.63, 3.8) is 0 Å². The lowest BCUT2D eigenvalue weighted by Gasteiger charge is -1.71. The van der Waals surface area contributed by atoms with Gasteiger partial charge in [-0.25, -0.2) is 0 Å². The number of hydrogen-bond acceptors (Lipinski definition) is 2. The zero-order chi connectivity index (χ0) is 7.14. The van der Waals surface area contributed by atoms with Crippen molar-refractivity contribution >= 4 is 77.3 Å². The van der Waals surface area contributed by atoms with Crippen LogP contribution in [0.15, 0.2) is 12.1 Å². The Balaban J connectivity index is 2.83. The molecule has 0 atom stereocenters. The highest BCUT2D eigenvalue weighted by Gasteiger charge is 2.02. The average Bonchev–Trinajstić information content (AvgIpc) is 2.21. The summed E-state index contributed by atoms with van der Waals surface area (Å²) in [7, 11) is 0. The molecule has 52 valence electrons. The molecule has 2 aromatic heterocycles. The van der Waals surface area contributed by atoms with Crippen molar-refractivity contribution in [3.8, 4) is 0 Å². The van der Waals surface area contributed by atoms with E-state index in [4.69, 9.17) is 0 Å². The third kappa shape index (κ3) is 1.35. The highest BCUT2D eigenvalue weighted by Crippen LogP contribution is 2.34. The van der Waals surface area contributed by atoms with E-state index in [-0.39, 0.29) is 0 Å². The summed E-state index contributed by atoms with van der Waals surface area (Å²) in [6.07, 6.45) is 0. The van der Waals surface area contributed by atoms with Gasteiger partial charge in [-0.1, -0.05) is 0 Å². The van der Waals surface area contributed by atoms with Crippen LogP contribution >= 0.6 is 67.9 Å². The zero-order valence-corrected chi connectivity index (χ0v) is 10.7. The predicted molar refractivity (Wildman–Crippen MR) is 65.1 cm³/mol. The first kappa shape index (κ1) is 7.75. The number of fused-ring (bicyclic) bond motifs is 1. The largest absolute Gasteiger partial charge is 0.128 e. The summed E-state index contributed by atoms with van der Waals surface area (Å²) in [5, 5.41) is 0. The van der Waals surface area contributed by atoms with Gasteiger partial charge in [-0.05, 0) is 57.3 Å². The fraction of sp³-hybridized carbons (Fsp3) is 0. The Morgan fingerprint density at radius 1 is 0.900 bits per heavy atom. The number of halogens is 2. The molecule has 0 aromatic carbocycles. The first-order valence-corrected chi connectivity index (χ1v) is 6.39.